The quantitative estimate of drug-likeness (QED) is 0.698. The second-order valence-electron chi connectivity index (χ2n) is 3.86. The Balaban J connectivity index is 1.98. The highest BCUT2D eigenvalue weighted by atomic mass is 16.5. The van der Waals surface area contributed by atoms with Gasteiger partial charge in [0, 0.05) is 0 Å². The lowest BCUT2D eigenvalue weighted by molar-refractivity contribution is 0.179. The van der Waals surface area contributed by atoms with E-state index in [2.05, 4.69) is 0 Å². The predicted octanol–water partition coefficient (Wildman–Crippen LogP) is 3.01. The monoisotopic (exact) mass is 208 g/mol. The highest BCUT2D eigenvalue weighted by Crippen LogP contribution is 2.10. The van der Waals surface area contributed by atoms with Crippen LogP contribution in [0, 0.1) is 0 Å². The van der Waals surface area contributed by atoms with E-state index in [1.807, 2.05) is 37.3 Å². The molecule has 1 unspecified atom stereocenters. The molecule has 0 fully saturated rings. The normalized spacial score (nSPS) is 12.4. The Bertz CT molecular complexity index is 244. The van der Waals surface area contributed by atoms with Crippen molar-refractivity contribution in [3.63, 3.8) is 0 Å². The number of aliphatic hydroxyl groups is 1. The molecule has 0 aliphatic carbocycles. The molecule has 1 rings (SSSR count). The molecular weight excluding hydrogens is 188 g/mol. The molecule has 0 saturated carbocycles. The third-order valence-corrected chi connectivity index (χ3v) is 2.28. The van der Waals surface area contributed by atoms with Gasteiger partial charge in [0.05, 0.1) is 12.7 Å². The number of para-hydroxylation sites is 1. The highest BCUT2D eigenvalue weighted by molar-refractivity contribution is 5.20. The van der Waals surface area contributed by atoms with Crippen molar-refractivity contribution in [2.75, 3.05) is 6.61 Å². The number of aliphatic hydroxyl groups excluding tert-OH is 1. The van der Waals surface area contributed by atoms with E-state index in [0.29, 0.717) is 0 Å². The van der Waals surface area contributed by atoms with Gasteiger partial charge in [-0.05, 0) is 38.3 Å². The minimum absolute atomic E-state index is 0.167. The number of hydrogen-bond donors (Lipinski definition) is 1. The van der Waals surface area contributed by atoms with Crippen molar-refractivity contribution in [3.05, 3.63) is 30.3 Å². The minimum Gasteiger partial charge on any atom is -0.494 e. The Hall–Kier alpha value is -1.02. The second-order valence-corrected chi connectivity index (χ2v) is 3.86. The van der Waals surface area contributed by atoms with Gasteiger partial charge < -0.3 is 9.84 Å². The van der Waals surface area contributed by atoms with E-state index in [4.69, 9.17) is 9.84 Å². The Morgan fingerprint density at radius 2 is 1.87 bits per heavy atom. The zero-order valence-corrected chi connectivity index (χ0v) is 9.36. The van der Waals surface area contributed by atoms with Crippen molar-refractivity contribution < 1.29 is 9.84 Å². The van der Waals surface area contributed by atoms with Crippen LogP contribution in [0.15, 0.2) is 30.3 Å². The molecule has 0 bridgehead atoms. The molecule has 1 atom stereocenters. The SMILES string of the molecule is CC(O)CCCCCOc1ccccc1. The van der Waals surface area contributed by atoms with Crippen LogP contribution in [-0.2, 0) is 0 Å². The molecule has 0 spiro atoms. The summed E-state index contributed by atoms with van der Waals surface area (Å²) in [6, 6.07) is 9.87. The Labute approximate surface area is 91.9 Å². The van der Waals surface area contributed by atoms with Crippen LogP contribution >= 0.6 is 0 Å². The molecule has 2 nitrogen and oxygen atoms in total. The summed E-state index contributed by atoms with van der Waals surface area (Å²) in [4.78, 5) is 0. The third-order valence-electron chi connectivity index (χ3n) is 2.28. The predicted molar refractivity (Wildman–Crippen MR) is 62.1 cm³/mol. The van der Waals surface area contributed by atoms with Crippen LogP contribution in [-0.4, -0.2) is 17.8 Å². The second kappa shape index (κ2) is 7.30. The molecule has 15 heavy (non-hydrogen) atoms. The van der Waals surface area contributed by atoms with Gasteiger partial charge in [0.2, 0.25) is 0 Å². The van der Waals surface area contributed by atoms with E-state index in [1.165, 1.54) is 0 Å². The molecule has 1 aromatic rings. The van der Waals surface area contributed by atoms with Crippen LogP contribution in [0.25, 0.3) is 0 Å². The summed E-state index contributed by atoms with van der Waals surface area (Å²) in [6.07, 6.45) is 3.99. The van der Waals surface area contributed by atoms with Gasteiger partial charge in [0.1, 0.15) is 5.75 Å². The first-order valence-electron chi connectivity index (χ1n) is 5.65. The van der Waals surface area contributed by atoms with Crippen molar-refractivity contribution >= 4 is 0 Å². The Morgan fingerprint density at radius 1 is 1.13 bits per heavy atom. The average molecular weight is 208 g/mol. The lowest BCUT2D eigenvalue weighted by atomic mass is 10.1. The molecule has 0 saturated heterocycles. The fourth-order valence-corrected chi connectivity index (χ4v) is 1.43. The van der Waals surface area contributed by atoms with E-state index in [0.717, 1.165) is 38.0 Å². The molecule has 0 amide bonds. The maximum absolute atomic E-state index is 9.06. The first kappa shape index (κ1) is 12.1. The highest BCUT2D eigenvalue weighted by Gasteiger charge is 1.96. The summed E-state index contributed by atoms with van der Waals surface area (Å²) in [7, 11) is 0. The lowest BCUT2D eigenvalue weighted by Gasteiger charge is -2.06. The van der Waals surface area contributed by atoms with Crippen LogP contribution in [0.3, 0.4) is 0 Å². The molecule has 0 radical (unpaired) electrons. The zero-order chi connectivity index (χ0) is 10.9. The number of hydrogen-bond acceptors (Lipinski definition) is 2. The first-order chi connectivity index (χ1) is 7.29. The van der Waals surface area contributed by atoms with E-state index in [-0.39, 0.29) is 6.10 Å². The van der Waals surface area contributed by atoms with Gasteiger partial charge in [-0.25, -0.2) is 0 Å². The van der Waals surface area contributed by atoms with E-state index < -0.39 is 0 Å². The smallest absolute Gasteiger partial charge is 0.119 e. The molecule has 0 aromatic heterocycles. The molecule has 0 aliphatic rings. The third kappa shape index (κ3) is 6.13. The fourth-order valence-electron chi connectivity index (χ4n) is 1.43. The van der Waals surface area contributed by atoms with E-state index in [1.54, 1.807) is 0 Å². The van der Waals surface area contributed by atoms with Crippen LogP contribution in [0.1, 0.15) is 32.6 Å². The molecule has 0 heterocycles. The fraction of sp³-hybridized carbons (Fsp3) is 0.538. The maximum atomic E-state index is 9.06. The van der Waals surface area contributed by atoms with E-state index >= 15 is 0 Å². The summed E-state index contributed by atoms with van der Waals surface area (Å²) in [5.41, 5.74) is 0. The maximum Gasteiger partial charge on any atom is 0.119 e. The van der Waals surface area contributed by atoms with Crippen molar-refractivity contribution in [1.82, 2.24) is 0 Å². The number of rotatable bonds is 7. The van der Waals surface area contributed by atoms with Gasteiger partial charge in [-0.15, -0.1) is 0 Å². The van der Waals surface area contributed by atoms with Crippen LogP contribution in [0.5, 0.6) is 5.75 Å². The number of benzene rings is 1. The number of ether oxygens (including phenoxy) is 1. The van der Waals surface area contributed by atoms with Gasteiger partial charge in [-0.1, -0.05) is 24.6 Å². The van der Waals surface area contributed by atoms with Crippen LogP contribution in [0.2, 0.25) is 0 Å². The molecule has 1 N–H and O–H groups in total. The Morgan fingerprint density at radius 3 is 2.53 bits per heavy atom. The van der Waals surface area contributed by atoms with Crippen LogP contribution in [0.4, 0.5) is 0 Å². The summed E-state index contributed by atoms with van der Waals surface area (Å²) < 4.78 is 5.55. The van der Waals surface area contributed by atoms with Gasteiger partial charge in [0.25, 0.3) is 0 Å². The Kier molecular flexibility index (Phi) is 5.86. The zero-order valence-electron chi connectivity index (χ0n) is 9.36. The topological polar surface area (TPSA) is 29.5 Å². The number of unbranched alkanes of at least 4 members (excludes halogenated alkanes) is 2. The van der Waals surface area contributed by atoms with Crippen molar-refractivity contribution in [2.24, 2.45) is 0 Å². The summed E-state index contributed by atoms with van der Waals surface area (Å²) in [6.45, 7) is 2.60. The molecule has 1 aromatic carbocycles. The standard InChI is InChI=1S/C13H20O2/c1-12(14)8-4-3-7-11-15-13-9-5-2-6-10-13/h2,5-6,9-10,12,14H,3-4,7-8,11H2,1H3. The van der Waals surface area contributed by atoms with Crippen LogP contribution < -0.4 is 4.74 Å². The van der Waals surface area contributed by atoms with Gasteiger partial charge in [-0.2, -0.15) is 0 Å². The summed E-state index contributed by atoms with van der Waals surface area (Å²) in [5.74, 6) is 0.938. The van der Waals surface area contributed by atoms with Gasteiger partial charge >= 0.3 is 0 Å². The molecular formula is C13H20O2. The van der Waals surface area contributed by atoms with Crippen molar-refractivity contribution in [2.45, 2.75) is 38.7 Å². The molecule has 0 aliphatic heterocycles. The lowest BCUT2D eigenvalue weighted by Crippen LogP contribution is -2.00. The van der Waals surface area contributed by atoms with Gasteiger partial charge in [-0.3, -0.25) is 0 Å². The van der Waals surface area contributed by atoms with Gasteiger partial charge in [0.15, 0.2) is 0 Å². The van der Waals surface area contributed by atoms with Crippen molar-refractivity contribution in [3.8, 4) is 5.75 Å². The molecule has 84 valence electrons. The molecule has 2 heteroatoms. The summed E-state index contributed by atoms with van der Waals surface area (Å²) >= 11 is 0. The van der Waals surface area contributed by atoms with E-state index in [9.17, 15) is 0 Å². The largest absolute Gasteiger partial charge is 0.494 e. The van der Waals surface area contributed by atoms with Crippen molar-refractivity contribution in [1.29, 1.82) is 0 Å². The summed E-state index contributed by atoms with van der Waals surface area (Å²) in [5, 5.41) is 9.06. The average Bonchev–Trinajstić information content (AvgIpc) is 2.24. The minimum atomic E-state index is -0.167. The first-order valence-corrected chi connectivity index (χ1v) is 5.65.